The molecule has 0 spiro atoms. The molecule has 1 heterocycles. The van der Waals surface area contributed by atoms with Crippen LogP contribution in [0.1, 0.15) is 65.8 Å². The van der Waals surface area contributed by atoms with Crippen molar-refractivity contribution in [3.63, 3.8) is 0 Å². The molecule has 0 aliphatic rings. The van der Waals surface area contributed by atoms with Crippen molar-refractivity contribution < 1.29 is 55.9 Å². The van der Waals surface area contributed by atoms with E-state index in [4.69, 9.17) is 33.3 Å². The fourth-order valence-electron chi connectivity index (χ4n) is 6.32. The van der Waals surface area contributed by atoms with Crippen molar-refractivity contribution in [2.45, 2.75) is 100 Å². The summed E-state index contributed by atoms with van der Waals surface area (Å²) in [6, 6.07) is 16.8. The Balaban J connectivity index is 1.43. The van der Waals surface area contributed by atoms with Gasteiger partial charge < -0.3 is 62.5 Å². The molecule has 2 aromatic carbocycles. The molecule has 14 N–H and O–H groups in total. The number of amides is 1. The first kappa shape index (κ1) is 48.7. The molecule has 0 bridgehead atoms. The number of aliphatic imine (C=N–C) groups is 1. The lowest BCUT2D eigenvalue weighted by Gasteiger charge is -2.33. The van der Waals surface area contributed by atoms with Gasteiger partial charge in [0.25, 0.3) is 5.91 Å². The van der Waals surface area contributed by atoms with E-state index in [-0.39, 0.29) is 35.5 Å². The van der Waals surface area contributed by atoms with Gasteiger partial charge in [-0.15, -0.1) is 0 Å². The van der Waals surface area contributed by atoms with Crippen LogP contribution in [0, 0.1) is 0 Å². The first-order valence-electron chi connectivity index (χ1n) is 19.4. The molecule has 0 radical (unpaired) electrons. The van der Waals surface area contributed by atoms with Crippen LogP contribution in [-0.2, 0) is 12.8 Å². The number of rotatable bonds is 27. The molecule has 1 aromatic heterocycles. The molecule has 17 nitrogen and oxygen atoms in total. The predicted octanol–water partition coefficient (Wildman–Crippen LogP) is -1.10. The van der Waals surface area contributed by atoms with Crippen LogP contribution in [0.15, 0.2) is 59.7 Å². The van der Waals surface area contributed by atoms with E-state index in [1.807, 2.05) is 0 Å². The minimum absolute atomic E-state index is 0.0358. The lowest BCUT2D eigenvalue weighted by molar-refractivity contribution is -0.130. The molecule has 0 saturated heterocycles. The second kappa shape index (κ2) is 25.1. The number of aliphatic hydroxyl groups excluding tert-OH is 10. The maximum atomic E-state index is 11.7. The van der Waals surface area contributed by atoms with Gasteiger partial charge in [0.1, 0.15) is 53.3 Å². The molecular formula is C40H59ClN6O11. The van der Waals surface area contributed by atoms with Crippen molar-refractivity contribution in [2.75, 3.05) is 39.4 Å². The number of amidine groups is 1. The Hall–Kier alpha value is -3.69. The van der Waals surface area contributed by atoms with Gasteiger partial charge >= 0.3 is 0 Å². The Bertz CT molecular complexity index is 1660. The third kappa shape index (κ3) is 15.5. The number of nitrogens with two attached hydrogens (primary N) is 2. The van der Waals surface area contributed by atoms with Crippen LogP contribution in [0.4, 0.5) is 0 Å². The van der Waals surface area contributed by atoms with E-state index in [0.29, 0.717) is 19.5 Å². The van der Waals surface area contributed by atoms with Gasteiger partial charge in [0.05, 0.1) is 31.6 Å². The van der Waals surface area contributed by atoms with Crippen LogP contribution in [0.3, 0.4) is 0 Å². The van der Waals surface area contributed by atoms with E-state index < -0.39 is 68.0 Å². The molecule has 8 atom stereocenters. The summed E-state index contributed by atoms with van der Waals surface area (Å²) >= 11 is 5.81. The van der Waals surface area contributed by atoms with Gasteiger partial charge in [-0.2, -0.15) is 0 Å². The maximum absolute atomic E-state index is 11.7. The highest BCUT2D eigenvalue weighted by Gasteiger charge is 2.34. The average molecular weight is 835 g/mol. The summed E-state index contributed by atoms with van der Waals surface area (Å²) in [6.07, 6.45) is -6.12. The van der Waals surface area contributed by atoms with Crippen LogP contribution < -0.4 is 11.5 Å². The molecule has 58 heavy (non-hydrogen) atoms. The van der Waals surface area contributed by atoms with Gasteiger partial charge in [-0.1, -0.05) is 73.0 Å². The molecular weight excluding hydrogens is 776 g/mol. The van der Waals surface area contributed by atoms with Crippen molar-refractivity contribution in [1.29, 1.82) is 0 Å². The Kier molecular flexibility index (Phi) is 21.0. The van der Waals surface area contributed by atoms with Gasteiger partial charge in [0.2, 0.25) is 0 Å². The predicted molar refractivity (Wildman–Crippen MR) is 217 cm³/mol. The normalized spacial score (nSPS) is 16.4. The minimum Gasteiger partial charge on any atom is -0.394 e. The number of benzene rings is 2. The van der Waals surface area contributed by atoms with Crippen LogP contribution in [0.5, 0.6) is 0 Å². The molecule has 1 amide bonds. The van der Waals surface area contributed by atoms with Crippen LogP contribution in [0.25, 0.3) is 11.1 Å². The zero-order chi connectivity index (χ0) is 42.8. The standard InChI is InChI=1S/C40H59ClN6O11/c41-32-19-45-33(34(46-32)40(43)58)39(42)44-17-5-4-8-25-11-15-27(16-12-25)26-13-9-24(10-14-26)7-3-1-2-6-18-47(20-28(50)35(54)37(56)30(52)22-48)21-29(51)36(55)38(57)31(53)23-49/h9-16,19,28-31,35-38,48-57H,1-8,17-18,20-23H2,(H2,42,44)(H2,43,58)/t28-,29-,30+,31+,35+,36+,37+,38+/m0/s1. The molecule has 3 aromatic rings. The molecule has 0 unspecified atom stereocenters. The summed E-state index contributed by atoms with van der Waals surface area (Å²) in [5.41, 5.74) is 15.9. The Morgan fingerprint density at radius 1 is 0.638 bits per heavy atom. The van der Waals surface area contributed by atoms with E-state index in [1.54, 1.807) is 0 Å². The number of primary amides is 1. The quantitative estimate of drug-likeness (QED) is 0.0247. The van der Waals surface area contributed by atoms with Crippen molar-refractivity contribution in [3.8, 4) is 11.1 Å². The second-order valence-electron chi connectivity index (χ2n) is 14.4. The van der Waals surface area contributed by atoms with Gasteiger partial charge in [0.15, 0.2) is 5.69 Å². The summed E-state index contributed by atoms with van der Waals surface area (Å²) in [5.74, 6) is -0.708. The highest BCUT2D eigenvalue weighted by Crippen LogP contribution is 2.22. The monoisotopic (exact) mass is 834 g/mol. The number of carbonyl (C=O) groups excluding carboxylic acids is 1. The van der Waals surface area contributed by atoms with E-state index >= 15 is 0 Å². The molecule has 18 heteroatoms. The topological polar surface area (TPSA) is 313 Å². The van der Waals surface area contributed by atoms with Gasteiger partial charge in [-0.3, -0.25) is 14.7 Å². The Morgan fingerprint density at radius 3 is 1.55 bits per heavy atom. The fourth-order valence-corrected chi connectivity index (χ4v) is 6.45. The largest absolute Gasteiger partial charge is 0.394 e. The van der Waals surface area contributed by atoms with Gasteiger partial charge in [0, 0.05) is 19.6 Å². The van der Waals surface area contributed by atoms with E-state index in [0.717, 1.165) is 56.1 Å². The smallest absolute Gasteiger partial charge is 0.269 e. The summed E-state index contributed by atoms with van der Waals surface area (Å²) in [6.45, 7) is -1.51. The third-order valence-electron chi connectivity index (χ3n) is 9.85. The number of nitrogens with zero attached hydrogens (tertiary/aromatic N) is 4. The maximum Gasteiger partial charge on any atom is 0.269 e. The lowest BCUT2D eigenvalue weighted by atomic mass is 9.99. The van der Waals surface area contributed by atoms with E-state index in [2.05, 4.69) is 63.5 Å². The van der Waals surface area contributed by atoms with E-state index in [1.165, 1.54) is 22.2 Å². The third-order valence-corrected chi connectivity index (χ3v) is 10.0. The SMILES string of the molecule is NC(=O)c1nc(Cl)cnc1C(N)=NCCCCc1ccc(-c2ccc(CCCCCCN(C[C@H](O)[C@@H](O)[C@H](O)[C@H](O)CO)C[C@H](O)[C@@H](O)[C@H](O)[C@H](O)CO)cc2)cc1. The molecule has 322 valence electrons. The highest BCUT2D eigenvalue weighted by atomic mass is 35.5. The van der Waals surface area contributed by atoms with Gasteiger partial charge in [-0.25, -0.2) is 9.97 Å². The minimum atomic E-state index is -1.84. The highest BCUT2D eigenvalue weighted by molar-refractivity contribution is 6.29. The number of hydrogen-bond donors (Lipinski definition) is 12. The zero-order valence-corrected chi connectivity index (χ0v) is 33.2. The first-order valence-corrected chi connectivity index (χ1v) is 19.7. The first-order chi connectivity index (χ1) is 27.7. The zero-order valence-electron chi connectivity index (χ0n) is 32.4. The Labute approximate surface area is 342 Å². The lowest BCUT2D eigenvalue weighted by Crippen LogP contribution is -2.53. The summed E-state index contributed by atoms with van der Waals surface area (Å²) < 4.78 is 0. The number of aryl methyl sites for hydroxylation is 2. The van der Waals surface area contributed by atoms with Crippen molar-refractivity contribution in [1.82, 2.24) is 14.9 Å². The van der Waals surface area contributed by atoms with Crippen LogP contribution in [-0.4, -0.2) is 166 Å². The van der Waals surface area contributed by atoms with Crippen molar-refractivity contribution in [3.05, 3.63) is 82.4 Å². The number of aromatic nitrogens is 2. The number of carbonyl (C=O) groups is 1. The van der Waals surface area contributed by atoms with Crippen LogP contribution in [0.2, 0.25) is 5.15 Å². The fraction of sp³-hybridized carbons (Fsp3) is 0.550. The van der Waals surface area contributed by atoms with E-state index in [9.17, 15) is 45.6 Å². The van der Waals surface area contributed by atoms with Crippen molar-refractivity contribution in [2.24, 2.45) is 16.5 Å². The van der Waals surface area contributed by atoms with Crippen molar-refractivity contribution >= 4 is 23.3 Å². The number of unbranched alkanes of at least 4 members (excludes halogenated alkanes) is 4. The molecule has 0 fully saturated rings. The molecule has 0 saturated carbocycles. The van der Waals surface area contributed by atoms with Gasteiger partial charge in [-0.05, 0) is 67.3 Å². The number of halogens is 1. The second-order valence-corrected chi connectivity index (χ2v) is 14.8. The summed E-state index contributed by atoms with van der Waals surface area (Å²) in [7, 11) is 0. The molecule has 0 aliphatic heterocycles. The van der Waals surface area contributed by atoms with Crippen LogP contribution >= 0.6 is 11.6 Å². The molecule has 3 rings (SSSR count). The number of hydrogen-bond acceptors (Lipinski definition) is 15. The summed E-state index contributed by atoms with van der Waals surface area (Å²) in [5, 5.41) is 99.2. The average Bonchev–Trinajstić information content (AvgIpc) is 3.23. The molecule has 0 aliphatic carbocycles. The summed E-state index contributed by atoms with van der Waals surface area (Å²) in [4.78, 5) is 25.4. The number of aliphatic hydroxyl groups is 10. The Morgan fingerprint density at radius 2 is 1.09 bits per heavy atom.